The molecule has 4 rings (SSSR count). The van der Waals surface area contributed by atoms with Crippen molar-refractivity contribution in [3.05, 3.63) is 40.9 Å². The average Bonchev–Trinajstić information content (AvgIpc) is 3.20. The predicted molar refractivity (Wildman–Crippen MR) is 77.4 cm³/mol. The first-order chi connectivity index (χ1) is 11.1. The summed E-state index contributed by atoms with van der Waals surface area (Å²) < 4.78 is 25.0. The molecule has 120 valence electrons. The number of aryl methyl sites for hydroxylation is 1. The molecule has 0 spiro atoms. The highest BCUT2D eigenvalue weighted by Gasteiger charge is 2.34. The summed E-state index contributed by atoms with van der Waals surface area (Å²) >= 11 is 0. The first-order valence-electron chi connectivity index (χ1n) is 7.62. The molecule has 0 saturated carbocycles. The molecule has 0 N–H and O–H groups in total. The largest absolute Gasteiger partial charge is 0.493 e. The average molecular weight is 317 g/mol. The summed E-state index contributed by atoms with van der Waals surface area (Å²) in [6.07, 6.45) is 1.08. The Morgan fingerprint density at radius 2 is 2.26 bits per heavy atom. The van der Waals surface area contributed by atoms with E-state index in [9.17, 15) is 9.18 Å². The van der Waals surface area contributed by atoms with Gasteiger partial charge in [0.25, 0.3) is 0 Å². The highest BCUT2D eigenvalue weighted by atomic mass is 19.1. The molecule has 2 aliphatic heterocycles. The van der Waals surface area contributed by atoms with E-state index in [0.29, 0.717) is 42.7 Å². The van der Waals surface area contributed by atoms with Gasteiger partial charge in [0.05, 0.1) is 13.2 Å². The highest BCUT2D eigenvalue weighted by molar-refractivity contribution is 5.79. The Morgan fingerprint density at radius 1 is 1.39 bits per heavy atom. The van der Waals surface area contributed by atoms with Gasteiger partial charge in [0, 0.05) is 38.3 Å². The number of likely N-dealkylation sites (tertiary alicyclic amines) is 1. The first kappa shape index (κ1) is 14.2. The molecule has 1 atom stereocenters. The molecule has 2 aromatic rings. The van der Waals surface area contributed by atoms with Crippen LogP contribution >= 0.6 is 0 Å². The highest BCUT2D eigenvalue weighted by Crippen LogP contribution is 2.35. The van der Waals surface area contributed by atoms with Crippen LogP contribution in [0.2, 0.25) is 0 Å². The van der Waals surface area contributed by atoms with Gasteiger partial charge in [-0.1, -0.05) is 0 Å². The van der Waals surface area contributed by atoms with E-state index in [4.69, 9.17) is 9.15 Å². The van der Waals surface area contributed by atoms with Gasteiger partial charge in [-0.15, -0.1) is 10.2 Å². The lowest BCUT2D eigenvalue weighted by molar-refractivity contribution is -0.128. The summed E-state index contributed by atoms with van der Waals surface area (Å²) in [6, 6.07) is 3.28. The van der Waals surface area contributed by atoms with Gasteiger partial charge in [-0.05, 0) is 17.2 Å². The van der Waals surface area contributed by atoms with Crippen molar-refractivity contribution in [1.29, 1.82) is 0 Å². The van der Waals surface area contributed by atoms with Crippen molar-refractivity contribution in [1.82, 2.24) is 15.1 Å². The lowest BCUT2D eigenvalue weighted by atomic mass is 9.95. The van der Waals surface area contributed by atoms with Crippen LogP contribution in [-0.2, 0) is 17.8 Å². The first-order valence-corrected chi connectivity index (χ1v) is 7.62. The predicted octanol–water partition coefficient (Wildman–Crippen LogP) is 1.97. The number of hydrogen-bond acceptors (Lipinski definition) is 5. The van der Waals surface area contributed by atoms with Crippen LogP contribution in [-0.4, -0.2) is 34.2 Å². The molecule has 6 nitrogen and oxygen atoms in total. The minimum atomic E-state index is -0.307. The summed E-state index contributed by atoms with van der Waals surface area (Å²) in [7, 11) is 0. The maximum Gasteiger partial charge on any atom is 0.235 e. The number of benzene rings is 1. The smallest absolute Gasteiger partial charge is 0.235 e. The minimum Gasteiger partial charge on any atom is -0.493 e. The number of carbonyl (C=O) groups excluding carboxylic acids is 1. The SMILES string of the molecule is Cc1nnc(CN2CC(c3cc4c(cc3F)OCC4)CC2=O)o1. The van der Waals surface area contributed by atoms with Gasteiger partial charge in [0.1, 0.15) is 11.6 Å². The van der Waals surface area contributed by atoms with Crippen LogP contribution in [0.25, 0.3) is 0 Å². The second-order valence-corrected chi connectivity index (χ2v) is 5.97. The fourth-order valence-electron chi connectivity index (χ4n) is 3.23. The molecule has 0 bridgehead atoms. The molecule has 1 amide bonds. The lowest BCUT2D eigenvalue weighted by Gasteiger charge is -2.15. The van der Waals surface area contributed by atoms with E-state index >= 15 is 0 Å². The van der Waals surface area contributed by atoms with Gasteiger partial charge in [-0.2, -0.15) is 0 Å². The molecule has 0 aliphatic carbocycles. The molecule has 1 aromatic heterocycles. The number of fused-ring (bicyclic) bond motifs is 1. The van der Waals surface area contributed by atoms with Gasteiger partial charge < -0.3 is 14.1 Å². The van der Waals surface area contributed by atoms with Gasteiger partial charge in [0.2, 0.25) is 17.7 Å². The van der Waals surface area contributed by atoms with Crippen molar-refractivity contribution in [2.24, 2.45) is 0 Å². The monoisotopic (exact) mass is 317 g/mol. The van der Waals surface area contributed by atoms with Gasteiger partial charge in [0.15, 0.2) is 0 Å². The van der Waals surface area contributed by atoms with E-state index in [0.717, 1.165) is 12.0 Å². The van der Waals surface area contributed by atoms with Crippen molar-refractivity contribution in [3.63, 3.8) is 0 Å². The third-order valence-corrected chi connectivity index (χ3v) is 4.36. The third-order valence-electron chi connectivity index (χ3n) is 4.36. The van der Waals surface area contributed by atoms with E-state index in [1.54, 1.807) is 11.8 Å². The normalized spacial score (nSPS) is 20.0. The zero-order valence-corrected chi connectivity index (χ0v) is 12.7. The molecule has 2 aliphatic rings. The summed E-state index contributed by atoms with van der Waals surface area (Å²) in [5.41, 5.74) is 1.60. The fraction of sp³-hybridized carbons (Fsp3) is 0.438. The summed E-state index contributed by atoms with van der Waals surface area (Å²) in [5.74, 6) is 0.999. The van der Waals surface area contributed by atoms with Crippen molar-refractivity contribution >= 4 is 5.91 Å². The summed E-state index contributed by atoms with van der Waals surface area (Å²) in [6.45, 7) is 3.01. The molecule has 3 heterocycles. The Balaban J connectivity index is 1.54. The molecular weight excluding hydrogens is 301 g/mol. The van der Waals surface area contributed by atoms with Crippen molar-refractivity contribution in [2.45, 2.75) is 32.2 Å². The maximum absolute atomic E-state index is 14.3. The standard InChI is InChI=1S/C16H16FN3O3/c1-9-18-19-15(23-9)8-20-7-11(5-16(20)21)12-4-10-2-3-22-14(10)6-13(12)17/h4,6,11H,2-3,5,7-8H2,1H3. The van der Waals surface area contributed by atoms with Gasteiger partial charge in [-0.25, -0.2) is 4.39 Å². The van der Waals surface area contributed by atoms with E-state index in [-0.39, 0.29) is 24.2 Å². The topological polar surface area (TPSA) is 68.5 Å². The van der Waals surface area contributed by atoms with Crippen LogP contribution in [0, 0.1) is 12.7 Å². The quantitative estimate of drug-likeness (QED) is 0.866. The van der Waals surface area contributed by atoms with Gasteiger partial charge >= 0.3 is 0 Å². The molecule has 1 saturated heterocycles. The van der Waals surface area contributed by atoms with Crippen LogP contribution in [0.15, 0.2) is 16.5 Å². The molecule has 1 unspecified atom stereocenters. The Labute approximate surface area is 132 Å². The summed E-state index contributed by atoms with van der Waals surface area (Å²) in [4.78, 5) is 13.8. The van der Waals surface area contributed by atoms with E-state index < -0.39 is 0 Å². The Hall–Kier alpha value is -2.44. The maximum atomic E-state index is 14.3. The number of nitrogens with zero attached hydrogens (tertiary/aromatic N) is 3. The van der Waals surface area contributed by atoms with Crippen molar-refractivity contribution in [3.8, 4) is 5.75 Å². The molecule has 1 aromatic carbocycles. The fourth-order valence-corrected chi connectivity index (χ4v) is 3.23. The van der Waals surface area contributed by atoms with Crippen molar-refractivity contribution < 1.29 is 18.3 Å². The number of hydrogen-bond donors (Lipinski definition) is 0. The lowest BCUT2D eigenvalue weighted by Crippen LogP contribution is -2.24. The number of ether oxygens (including phenoxy) is 1. The molecule has 1 fully saturated rings. The number of aromatic nitrogens is 2. The second-order valence-electron chi connectivity index (χ2n) is 5.97. The van der Waals surface area contributed by atoms with Crippen LogP contribution in [0.5, 0.6) is 5.75 Å². The van der Waals surface area contributed by atoms with E-state index in [2.05, 4.69) is 10.2 Å². The molecule has 0 radical (unpaired) electrons. The van der Waals surface area contributed by atoms with E-state index in [1.807, 2.05) is 6.07 Å². The molecular formula is C16H16FN3O3. The zero-order valence-electron chi connectivity index (χ0n) is 12.7. The Kier molecular flexibility index (Phi) is 3.28. The minimum absolute atomic E-state index is 0.0259. The van der Waals surface area contributed by atoms with E-state index in [1.165, 1.54) is 6.07 Å². The number of halogens is 1. The van der Waals surface area contributed by atoms with Crippen LogP contribution < -0.4 is 4.74 Å². The second kappa shape index (κ2) is 5.33. The number of rotatable bonds is 3. The van der Waals surface area contributed by atoms with Crippen molar-refractivity contribution in [2.75, 3.05) is 13.2 Å². The van der Waals surface area contributed by atoms with Crippen LogP contribution in [0.1, 0.15) is 35.2 Å². The zero-order chi connectivity index (χ0) is 16.0. The van der Waals surface area contributed by atoms with Gasteiger partial charge in [-0.3, -0.25) is 4.79 Å². The Bertz CT molecular complexity index is 774. The van der Waals surface area contributed by atoms with Crippen LogP contribution in [0.4, 0.5) is 4.39 Å². The Morgan fingerprint density at radius 3 is 3.04 bits per heavy atom. The number of carbonyl (C=O) groups is 1. The molecule has 7 heteroatoms. The third kappa shape index (κ3) is 2.56. The summed E-state index contributed by atoms with van der Waals surface area (Å²) in [5, 5.41) is 7.66. The number of amides is 1. The van der Waals surface area contributed by atoms with Crippen LogP contribution in [0.3, 0.4) is 0 Å². The molecule has 23 heavy (non-hydrogen) atoms.